The van der Waals surface area contributed by atoms with E-state index in [2.05, 4.69) is 31.4 Å². The van der Waals surface area contributed by atoms with Gasteiger partial charge < -0.3 is 0 Å². The molecule has 108 valence electrons. The van der Waals surface area contributed by atoms with E-state index in [4.69, 9.17) is 4.42 Å². The summed E-state index contributed by atoms with van der Waals surface area (Å²) in [7, 11) is 0. The molecule has 0 unspecified atom stereocenters. The number of allylic oxidation sites excluding steroid dienone is 10. The molecule has 0 radical (unpaired) electrons. The Morgan fingerprint density at radius 1 is 1.14 bits per heavy atom. The van der Waals surface area contributed by atoms with Gasteiger partial charge in [0.25, 0.3) is 6.61 Å². The van der Waals surface area contributed by atoms with Gasteiger partial charge in [-0.2, -0.15) is 0 Å². The molecule has 0 aromatic carbocycles. The van der Waals surface area contributed by atoms with Crippen LogP contribution in [0.5, 0.6) is 0 Å². The van der Waals surface area contributed by atoms with Crippen LogP contribution in [0, 0.1) is 0 Å². The molecule has 0 amide bonds. The van der Waals surface area contributed by atoms with E-state index in [-0.39, 0.29) is 0 Å². The van der Waals surface area contributed by atoms with Crippen molar-refractivity contribution in [1.29, 1.82) is 0 Å². The molecule has 0 aromatic heterocycles. The van der Waals surface area contributed by atoms with Crippen LogP contribution in [-0.4, -0.2) is 12.4 Å². The molecule has 0 fully saturated rings. The standard InChI is InChI=1S/C20H23O/c1-3-5-6-9-16-21-19-14-12-18(13-15-19)20-11-8-7-10-17(20)4-2/h4,7,10-15H,2-3,5-6,9,16H2,1H3/q+1. The molecule has 21 heavy (non-hydrogen) atoms. The normalized spacial score (nSPS) is 16.4. The Hall–Kier alpha value is -2.11. The number of unbranched alkanes of at least 4 members (excludes halogenated alkanes) is 3. The summed E-state index contributed by atoms with van der Waals surface area (Å²) >= 11 is 0. The highest BCUT2D eigenvalue weighted by molar-refractivity contribution is 6.01. The van der Waals surface area contributed by atoms with Crippen molar-refractivity contribution in [3.05, 3.63) is 77.6 Å². The van der Waals surface area contributed by atoms with Crippen LogP contribution >= 0.6 is 0 Å². The maximum absolute atomic E-state index is 5.77. The summed E-state index contributed by atoms with van der Waals surface area (Å²) in [6.07, 6.45) is 21.0. The first-order valence-corrected chi connectivity index (χ1v) is 7.71. The van der Waals surface area contributed by atoms with Gasteiger partial charge in [-0.05, 0) is 53.5 Å². The monoisotopic (exact) mass is 279 g/mol. The molecule has 0 N–H and O–H groups in total. The van der Waals surface area contributed by atoms with Crippen LogP contribution in [0.2, 0.25) is 0 Å². The minimum absolute atomic E-state index is 0.802. The topological polar surface area (TPSA) is 11.3 Å². The first-order chi connectivity index (χ1) is 10.3. The van der Waals surface area contributed by atoms with Crippen molar-refractivity contribution >= 4 is 5.78 Å². The fraction of sp³-hybridized carbons (Fsp3) is 0.300. The molecule has 2 aliphatic rings. The summed E-state index contributed by atoms with van der Waals surface area (Å²) in [5.74, 6) is 0.940. The molecule has 0 saturated carbocycles. The molecule has 0 bridgehead atoms. The van der Waals surface area contributed by atoms with Crippen LogP contribution < -0.4 is 0 Å². The number of hydrogen-bond acceptors (Lipinski definition) is 0. The van der Waals surface area contributed by atoms with E-state index in [0.29, 0.717) is 0 Å². The molecular formula is C20H23O+. The maximum Gasteiger partial charge on any atom is 0.343 e. The third-order valence-electron chi connectivity index (χ3n) is 3.55. The van der Waals surface area contributed by atoms with E-state index in [1.54, 1.807) is 0 Å². The van der Waals surface area contributed by atoms with Crippen LogP contribution in [-0.2, 0) is 4.42 Å². The maximum atomic E-state index is 5.77. The number of ketones is 1. The van der Waals surface area contributed by atoms with E-state index < -0.39 is 0 Å². The zero-order valence-electron chi connectivity index (χ0n) is 12.8. The molecule has 0 aromatic rings. The Morgan fingerprint density at radius 2 is 1.95 bits per heavy atom. The van der Waals surface area contributed by atoms with Gasteiger partial charge in [-0.1, -0.05) is 32.4 Å². The highest BCUT2D eigenvalue weighted by Crippen LogP contribution is 2.23. The Labute approximate surface area is 127 Å². The van der Waals surface area contributed by atoms with E-state index >= 15 is 0 Å². The van der Waals surface area contributed by atoms with Crippen LogP contribution in [0.25, 0.3) is 0 Å². The molecular weight excluding hydrogens is 256 g/mol. The second kappa shape index (κ2) is 8.24. The fourth-order valence-electron chi connectivity index (χ4n) is 2.32. The lowest BCUT2D eigenvalue weighted by Crippen LogP contribution is -2.01. The molecule has 0 heterocycles. The highest BCUT2D eigenvalue weighted by atomic mass is 16.4. The van der Waals surface area contributed by atoms with Gasteiger partial charge in [0.05, 0.1) is 0 Å². The van der Waals surface area contributed by atoms with Crippen LogP contribution in [0.4, 0.5) is 0 Å². The van der Waals surface area contributed by atoms with Gasteiger partial charge in [-0.15, -0.1) is 5.73 Å². The van der Waals surface area contributed by atoms with Crippen molar-refractivity contribution in [1.82, 2.24) is 0 Å². The van der Waals surface area contributed by atoms with Crippen LogP contribution in [0.15, 0.2) is 77.6 Å². The van der Waals surface area contributed by atoms with Crippen molar-refractivity contribution < 1.29 is 4.42 Å². The predicted molar refractivity (Wildman–Crippen MR) is 90.3 cm³/mol. The van der Waals surface area contributed by atoms with Crippen molar-refractivity contribution in [2.45, 2.75) is 32.6 Å². The molecule has 1 heteroatoms. The smallest absolute Gasteiger partial charge is 0.255 e. The number of rotatable bonds is 6. The lowest BCUT2D eigenvalue weighted by molar-refractivity contribution is -0.456. The zero-order valence-corrected chi connectivity index (χ0v) is 12.8. The van der Waals surface area contributed by atoms with Crippen molar-refractivity contribution in [3.8, 4) is 0 Å². The molecule has 0 saturated heterocycles. The minimum atomic E-state index is 0.802. The molecule has 0 atom stereocenters. The molecule has 2 rings (SSSR count). The van der Waals surface area contributed by atoms with Gasteiger partial charge in [0.2, 0.25) is 0 Å². The molecule has 1 nitrogen and oxygen atoms in total. The lowest BCUT2D eigenvalue weighted by Gasteiger charge is -2.09. The highest BCUT2D eigenvalue weighted by Gasteiger charge is 2.11. The second-order valence-electron chi connectivity index (χ2n) is 5.15. The first kappa shape index (κ1) is 15.3. The fourth-order valence-corrected chi connectivity index (χ4v) is 2.32. The van der Waals surface area contributed by atoms with Crippen LogP contribution in [0.1, 0.15) is 32.6 Å². The van der Waals surface area contributed by atoms with E-state index in [9.17, 15) is 0 Å². The minimum Gasteiger partial charge on any atom is -0.255 e. The SMILES string of the molecule is C=CC1=CC=C=CC1=C1C=CC(=[O+]CCCCCC)C=C1. The average Bonchev–Trinajstić information content (AvgIpc) is 2.55. The van der Waals surface area contributed by atoms with Crippen LogP contribution in [0.3, 0.4) is 0 Å². The molecule has 2 aliphatic carbocycles. The summed E-state index contributed by atoms with van der Waals surface area (Å²) in [6, 6.07) is 0. The molecule has 0 aliphatic heterocycles. The number of carbonyl (C=O) groups excluding carboxylic acids is 1. The molecule has 0 spiro atoms. The second-order valence-corrected chi connectivity index (χ2v) is 5.15. The summed E-state index contributed by atoms with van der Waals surface area (Å²) in [4.78, 5) is 0. The van der Waals surface area contributed by atoms with Crippen molar-refractivity contribution in [2.24, 2.45) is 0 Å². The Balaban J connectivity index is 2.01. The van der Waals surface area contributed by atoms with Gasteiger partial charge in [0.15, 0.2) is 0 Å². The quantitative estimate of drug-likeness (QED) is 0.371. The van der Waals surface area contributed by atoms with Gasteiger partial charge in [0.1, 0.15) is 0 Å². The third-order valence-corrected chi connectivity index (χ3v) is 3.55. The third kappa shape index (κ3) is 4.44. The van der Waals surface area contributed by atoms with Gasteiger partial charge in [0, 0.05) is 18.6 Å². The first-order valence-electron chi connectivity index (χ1n) is 7.71. The zero-order chi connectivity index (χ0) is 14.9. The average molecular weight is 279 g/mol. The lowest BCUT2D eigenvalue weighted by atomic mass is 9.94. The Morgan fingerprint density at radius 3 is 2.67 bits per heavy atom. The Bertz CT molecular complexity index is 582. The summed E-state index contributed by atoms with van der Waals surface area (Å²) in [5.41, 5.74) is 6.57. The van der Waals surface area contributed by atoms with Crippen molar-refractivity contribution in [3.63, 3.8) is 0 Å². The van der Waals surface area contributed by atoms with E-state index in [1.165, 1.54) is 24.8 Å². The summed E-state index contributed by atoms with van der Waals surface area (Å²) in [6.45, 7) is 6.88. The largest absolute Gasteiger partial charge is 0.343 e. The van der Waals surface area contributed by atoms with E-state index in [0.717, 1.165) is 30.0 Å². The summed E-state index contributed by atoms with van der Waals surface area (Å²) < 4.78 is 5.77. The van der Waals surface area contributed by atoms with Crippen molar-refractivity contribution in [2.75, 3.05) is 6.61 Å². The van der Waals surface area contributed by atoms with E-state index in [1.807, 2.05) is 36.5 Å². The number of hydrogen-bond donors (Lipinski definition) is 0. The van der Waals surface area contributed by atoms with Gasteiger partial charge in [-0.25, -0.2) is 0 Å². The summed E-state index contributed by atoms with van der Waals surface area (Å²) in [5, 5.41) is 0. The Kier molecular flexibility index (Phi) is 5.99. The predicted octanol–water partition coefficient (Wildman–Crippen LogP) is 4.93. The van der Waals surface area contributed by atoms with Gasteiger partial charge >= 0.3 is 5.78 Å². The van der Waals surface area contributed by atoms with Gasteiger partial charge in [-0.3, -0.25) is 4.42 Å².